The van der Waals surface area contributed by atoms with Crippen molar-refractivity contribution in [1.29, 1.82) is 0 Å². The molecule has 5 aromatic rings. The van der Waals surface area contributed by atoms with E-state index in [9.17, 15) is 13.2 Å². The van der Waals surface area contributed by atoms with Gasteiger partial charge in [0.15, 0.2) is 0 Å². The summed E-state index contributed by atoms with van der Waals surface area (Å²) in [6.07, 6.45) is 0.612. The molecule has 1 unspecified atom stereocenters. The average molecular weight is 559 g/mol. The summed E-state index contributed by atoms with van der Waals surface area (Å²) in [5, 5.41) is 10.0. The molecule has 8 nitrogen and oxygen atoms in total. The number of fused-ring (bicyclic) bond motifs is 1. The summed E-state index contributed by atoms with van der Waals surface area (Å²) in [6, 6.07) is 27.4. The van der Waals surface area contributed by atoms with Crippen LogP contribution >= 0.6 is 11.6 Å². The number of carbonyl (C=O) groups is 1. The Bertz CT molecular complexity index is 1800. The Morgan fingerprint density at radius 1 is 0.923 bits per heavy atom. The van der Waals surface area contributed by atoms with Crippen molar-refractivity contribution in [3.8, 4) is 16.9 Å². The van der Waals surface area contributed by atoms with Gasteiger partial charge in [0.25, 0.3) is 5.91 Å². The van der Waals surface area contributed by atoms with Crippen LogP contribution in [0.5, 0.6) is 5.75 Å². The van der Waals surface area contributed by atoms with E-state index in [2.05, 4.69) is 10.3 Å². The minimum Gasteiger partial charge on any atom is -0.476 e. The highest BCUT2D eigenvalue weighted by Gasteiger charge is 2.24. The van der Waals surface area contributed by atoms with Crippen molar-refractivity contribution < 1.29 is 17.9 Å². The highest BCUT2D eigenvalue weighted by molar-refractivity contribution is 7.89. The first-order valence-electron chi connectivity index (χ1n) is 11.8. The van der Waals surface area contributed by atoms with Crippen LogP contribution < -0.4 is 20.9 Å². The first kappa shape index (κ1) is 26.2. The zero-order valence-corrected chi connectivity index (χ0v) is 22.0. The van der Waals surface area contributed by atoms with Crippen LogP contribution in [0.3, 0.4) is 0 Å². The van der Waals surface area contributed by atoms with E-state index >= 15 is 0 Å². The van der Waals surface area contributed by atoms with Gasteiger partial charge in [0.1, 0.15) is 11.6 Å². The number of benzene rings is 4. The van der Waals surface area contributed by atoms with Gasteiger partial charge in [0.2, 0.25) is 16.1 Å². The van der Waals surface area contributed by atoms with Gasteiger partial charge < -0.3 is 15.8 Å². The van der Waals surface area contributed by atoms with Crippen molar-refractivity contribution in [2.45, 2.75) is 11.0 Å². The fourth-order valence-corrected chi connectivity index (χ4v) is 5.20. The van der Waals surface area contributed by atoms with Crippen LogP contribution in [0, 0.1) is 0 Å². The van der Waals surface area contributed by atoms with Gasteiger partial charge in [0, 0.05) is 22.7 Å². The third-order valence-corrected chi connectivity index (χ3v) is 7.38. The zero-order chi connectivity index (χ0) is 27.6. The second-order valence-corrected chi connectivity index (χ2v) is 10.6. The van der Waals surface area contributed by atoms with Gasteiger partial charge in [-0.3, -0.25) is 4.79 Å². The van der Waals surface area contributed by atoms with Crippen molar-refractivity contribution in [3.05, 3.63) is 114 Å². The quantitative estimate of drug-likeness (QED) is 0.240. The lowest BCUT2D eigenvalue weighted by Crippen LogP contribution is -2.25. The van der Waals surface area contributed by atoms with Crippen molar-refractivity contribution >= 4 is 49.8 Å². The Morgan fingerprint density at radius 3 is 2.41 bits per heavy atom. The fraction of sp³-hybridized carbons (Fsp3) is 0.0345. The van der Waals surface area contributed by atoms with Crippen molar-refractivity contribution in [1.82, 2.24) is 4.98 Å². The molecule has 0 aliphatic carbocycles. The summed E-state index contributed by atoms with van der Waals surface area (Å²) in [4.78, 5) is 17.6. The maximum atomic E-state index is 13.5. The molecule has 1 amide bonds. The maximum absolute atomic E-state index is 13.5. The molecule has 5 N–H and O–H groups in total. The number of nitrogens with zero attached hydrogens (tertiary/aromatic N) is 1. The minimum atomic E-state index is -3.95. The molecule has 0 saturated carbocycles. The Kier molecular flexibility index (Phi) is 7.21. The maximum Gasteiger partial charge on any atom is 0.270 e. The Balaban J connectivity index is 1.45. The second-order valence-electron chi connectivity index (χ2n) is 8.71. The molecule has 39 heavy (non-hydrogen) atoms. The molecule has 0 aliphatic rings. The standard InChI is InChI=1S/C29H23ClN4O4S/c30-24-16-20(22-8-4-5-9-26(22)39(32,36)37)11-13-25(24)34-29(35)27(19-6-2-1-3-7-19)38-21-12-10-18-14-15-33-28(31)23(18)17-21/h1-17,27H,(H2,31,33)(H,34,35)(H2,32,36,37). The number of amides is 1. The zero-order valence-electron chi connectivity index (χ0n) is 20.4. The van der Waals surface area contributed by atoms with Crippen LogP contribution in [-0.4, -0.2) is 19.3 Å². The molecule has 1 atom stereocenters. The van der Waals surface area contributed by atoms with E-state index in [0.29, 0.717) is 39.3 Å². The molecule has 0 radical (unpaired) electrons. The van der Waals surface area contributed by atoms with Gasteiger partial charge >= 0.3 is 0 Å². The molecule has 5 rings (SSSR count). The van der Waals surface area contributed by atoms with Gasteiger partial charge in [-0.1, -0.05) is 72.3 Å². The number of primary sulfonamides is 1. The highest BCUT2D eigenvalue weighted by atomic mass is 35.5. The van der Waals surface area contributed by atoms with E-state index < -0.39 is 22.0 Å². The number of pyridine rings is 1. The summed E-state index contributed by atoms with van der Waals surface area (Å²) in [7, 11) is -3.95. The number of anilines is 2. The molecule has 196 valence electrons. The van der Waals surface area contributed by atoms with E-state index in [1.807, 2.05) is 30.3 Å². The molecule has 0 bridgehead atoms. The molecule has 0 aliphatic heterocycles. The first-order valence-corrected chi connectivity index (χ1v) is 13.7. The van der Waals surface area contributed by atoms with Crippen LogP contribution in [0.25, 0.3) is 21.9 Å². The number of aromatic nitrogens is 1. The Morgan fingerprint density at radius 2 is 1.67 bits per heavy atom. The Hall–Kier alpha value is -4.44. The smallest absolute Gasteiger partial charge is 0.270 e. The van der Waals surface area contributed by atoms with Gasteiger partial charge in [-0.15, -0.1) is 0 Å². The molecule has 1 aromatic heterocycles. The van der Waals surface area contributed by atoms with Gasteiger partial charge in [0.05, 0.1) is 15.6 Å². The van der Waals surface area contributed by atoms with Gasteiger partial charge in [-0.25, -0.2) is 18.5 Å². The van der Waals surface area contributed by atoms with Crippen LogP contribution in [0.15, 0.2) is 108 Å². The van der Waals surface area contributed by atoms with Crippen molar-refractivity contribution in [2.75, 3.05) is 11.1 Å². The van der Waals surface area contributed by atoms with E-state index in [-0.39, 0.29) is 9.92 Å². The highest BCUT2D eigenvalue weighted by Crippen LogP contribution is 2.34. The number of nitrogens with two attached hydrogens (primary N) is 2. The normalized spacial score (nSPS) is 12.2. The molecule has 0 saturated heterocycles. The SMILES string of the molecule is Nc1nccc2ccc(OC(C(=O)Nc3ccc(-c4ccccc4S(N)(=O)=O)cc3Cl)c3ccccc3)cc12. The largest absolute Gasteiger partial charge is 0.476 e. The molecule has 4 aromatic carbocycles. The fourth-order valence-electron chi connectivity index (χ4n) is 4.22. The summed E-state index contributed by atoms with van der Waals surface area (Å²) < 4.78 is 30.2. The van der Waals surface area contributed by atoms with E-state index in [1.165, 1.54) is 6.07 Å². The van der Waals surface area contributed by atoms with E-state index in [0.717, 1.165) is 5.39 Å². The topological polar surface area (TPSA) is 137 Å². The third kappa shape index (κ3) is 5.70. The lowest BCUT2D eigenvalue weighted by atomic mass is 10.0. The summed E-state index contributed by atoms with van der Waals surface area (Å²) in [5.74, 6) is 0.335. The summed E-state index contributed by atoms with van der Waals surface area (Å²) >= 11 is 6.53. The number of ether oxygens (including phenoxy) is 1. The first-order chi connectivity index (χ1) is 18.7. The lowest BCUT2D eigenvalue weighted by molar-refractivity contribution is -0.123. The predicted molar refractivity (Wildman–Crippen MR) is 153 cm³/mol. The number of halogens is 1. The van der Waals surface area contributed by atoms with Crippen LogP contribution in [0.2, 0.25) is 5.02 Å². The molecule has 1 heterocycles. The van der Waals surface area contributed by atoms with Gasteiger partial charge in [-0.2, -0.15) is 0 Å². The molecular weight excluding hydrogens is 536 g/mol. The van der Waals surface area contributed by atoms with E-state index in [1.54, 1.807) is 66.9 Å². The third-order valence-electron chi connectivity index (χ3n) is 6.09. The number of nitrogen functional groups attached to an aromatic ring is 1. The predicted octanol–water partition coefficient (Wildman–Crippen LogP) is 5.54. The number of carbonyl (C=O) groups excluding carboxylic acids is 1. The molecule has 0 fully saturated rings. The average Bonchev–Trinajstić information content (AvgIpc) is 2.93. The van der Waals surface area contributed by atoms with Crippen LogP contribution in [0.4, 0.5) is 11.5 Å². The molecule has 10 heteroatoms. The van der Waals surface area contributed by atoms with Crippen molar-refractivity contribution in [2.24, 2.45) is 5.14 Å². The number of nitrogens with one attached hydrogen (secondary N) is 1. The van der Waals surface area contributed by atoms with Gasteiger partial charge in [-0.05, 0) is 47.3 Å². The monoisotopic (exact) mass is 558 g/mol. The van der Waals surface area contributed by atoms with E-state index in [4.69, 9.17) is 27.2 Å². The summed E-state index contributed by atoms with van der Waals surface area (Å²) in [5.41, 5.74) is 7.92. The second kappa shape index (κ2) is 10.7. The summed E-state index contributed by atoms with van der Waals surface area (Å²) in [6.45, 7) is 0. The van der Waals surface area contributed by atoms with Crippen molar-refractivity contribution in [3.63, 3.8) is 0 Å². The number of rotatable bonds is 7. The molecule has 0 spiro atoms. The number of hydrogen-bond acceptors (Lipinski definition) is 6. The number of hydrogen-bond donors (Lipinski definition) is 3. The van der Waals surface area contributed by atoms with Crippen LogP contribution in [0.1, 0.15) is 11.7 Å². The number of sulfonamides is 1. The Labute approximate surface area is 230 Å². The lowest BCUT2D eigenvalue weighted by Gasteiger charge is -2.20. The van der Waals surface area contributed by atoms with Crippen LogP contribution in [-0.2, 0) is 14.8 Å². The minimum absolute atomic E-state index is 0.0263. The molecular formula is C29H23ClN4O4S.